The number of nitrogens with zero attached hydrogens (tertiary/aromatic N) is 5. The number of ether oxygens (including phenoxy) is 1. The molecule has 2 aromatic carbocycles. The highest BCUT2D eigenvalue weighted by atomic mass is 16.5. The minimum atomic E-state index is 0.926. The van der Waals surface area contributed by atoms with Crippen LogP contribution in [-0.2, 0) is 6.54 Å². The predicted octanol–water partition coefficient (Wildman–Crippen LogP) is 3.04. The maximum Gasteiger partial charge on any atom is 0.120 e. The molecule has 142 valence electrons. The van der Waals surface area contributed by atoms with Gasteiger partial charge < -0.3 is 9.64 Å². The third-order valence-corrected chi connectivity index (χ3v) is 5.31. The molecule has 27 heavy (non-hydrogen) atoms. The number of piperazine rings is 1. The van der Waals surface area contributed by atoms with Gasteiger partial charge >= 0.3 is 0 Å². The Labute approximate surface area is 160 Å². The van der Waals surface area contributed by atoms with Gasteiger partial charge in [-0.1, -0.05) is 23.4 Å². The summed E-state index contributed by atoms with van der Waals surface area (Å²) in [6.07, 6.45) is 2.32. The molecule has 0 unspecified atom stereocenters. The molecule has 0 atom stereocenters. The summed E-state index contributed by atoms with van der Waals surface area (Å²) >= 11 is 0. The van der Waals surface area contributed by atoms with Crippen LogP contribution < -0.4 is 9.64 Å². The number of unbranched alkanes of at least 4 members (excludes halogenated alkanes) is 1. The Morgan fingerprint density at radius 2 is 1.74 bits per heavy atom. The van der Waals surface area contributed by atoms with Gasteiger partial charge in [0.1, 0.15) is 11.3 Å². The van der Waals surface area contributed by atoms with E-state index < -0.39 is 0 Å². The molecule has 6 heteroatoms. The molecule has 1 fully saturated rings. The van der Waals surface area contributed by atoms with Gasteiger partial charge in [0.15, 0.2) is 0 Å². The fraction of sp³-hybridized carbons (Fsp3) is 0.429. The number of fused-ring (bicyclic) bond motifs is 1. The quantitative estimate of drug-likeness (QED) is 0.602. The van der Waals surface area contributed by atoms with Crippen LogP contribution in [0.5, 0.6) is 5.75 Å². The van der Waals surface area contributed by atoms with E-state index >= 15 is 0 Å². The Hall–Kier alpha value is -2.60. The van der Waals surface area contributed by atoms with Crippen molar-refractivity contribution in [3.8, 4) is 5.75 Å². The van der Waals surface area contributed by atoms with Crippen LogP contribution in [0, 0.1) is 0 Å². The van der Waals surface area contributed by atoms with Crippen molar-refractivity contribution < 1.29 is 4.74 Å². The van der Waals surface area contributed by atoms with Crippen LogP contribution in [0.4, 0.5) is 5.69 Å². The second-order valence-corrected chi connectivity index (χ2v) is 7.04. The van der Waals surface area contributed by atoms with Crippen molar-refractivity contribution in [2.75, 3.05) is 44.7 Å². The lowest BCUT2D eigenvalue weighted by molar-refractivity contribution is 0.251. The van der Waals surface area contributed by atoms with Crippen LogP contribution >= 0.6 is 0 Å². The van der Waals surface area contributed by atoms with Crippen molar-refractivity contribution in [1.82, 2.24) is 19.9 Å². The molecule has 1 aliphatic rings. The van der Waals surface area contributed by atoms with Gasteiger partial charge in [0, 0.05) is 44.5 Å². The molecule has 0 radical (unpaired) electrons. The summed E-state index contributed by atoms with van der Waals surface area (Å²) in [5, 5.41) is 8.50. The topological polar surface area (TPSA) is 46.4 Å². The van der Waals surface area contributed by atoms with Crippen molar-refractivity contribution in [2.24, 2.45) is 0 Å². The molecule has 0 spiro atoms. The summed E-state index contributed by atoms with van der Waals surface area (Å²) in [5.74, 6) is 0.926. The van der Waals surface area contributed by atoms with Crippen LogP contribution in [0.3, 0.4) is 0 Å². The number of methoxy groups -OCH3 is 1. The first-order valence-corrected chi connectivity index (χ1v) is 9.73. The van der Waals surface area contributed by atoms with Gasteiger partial charge in [0.2, 0.25) is 0 Å². The lowest BCUT2D eigenvalue weighted by Crippen LogP contribution is -2.46. The van der Waals surface area contributed by atoms with Gasteiger partial charge in [-0.3, -0.25) is 4.90 Å². The van der Waals surface area contributed by atoms with Crippen LogP contribution in [0.1, 0.15) is 12.8 Å². The standard InChI is InChI=1S/C21H27N5O/c1-27-19-8-6-7-18(17-19)25-15-13-24(14-16-25)11-4-5-12-26-21-10-3-2-9-20(21)22-23-26/h2-3,6-10,17H,4-5,11-16H2,1H3. The highest BCUT2D eigenvalue weighted by Crippen LogP contribution is 2.22. The van der Waals surface area contributed by atoms with Gasteiger partial charge in [0.05, 0.1) is 12.6 Å². The van der Waals surface area contributed by atoms with E-state index in [4.69, 9.17) is 4.74 Å². The van der Waals surface area contributed by atoms with E-state index in [9.17, 15) is 0 Å². The lowest BCUT2D eigenvalue weighted by Gasteiger charge is -2.36. The van der Waals surface area contributed by atoms with Crippen molar-refractivity contribution in [2.45, 2.75) is 19.4 Å². The molecule has 0 bridgehead atoms. The molecule has 1 aliphatic heterocycles. The van der Waals surface area contributed by atoms with Gasteiger partial charge in [-0.25, -0.2) is 4.68 Å². The largest absolute Gasteiger partial charge is 0.497 e. The summed E-state index contributed by atoms with van der Waals surface area (Å²) in [6.45, 7) is 6.46. The van der Waals surface area contributed by atoms with E-state index in [1.807, 2.05) is 28.9 Å². The smallest absolute Gasteiger partial charge is 0.120 e. The molecule has 1 aromatic heterocycles. The average Bonchev–Trinajstić information content (AvgIpc) is 3.15. The molecule has 0 saturated carbocycles. The highest BCUT2D eigenvalue weighted by molar-refractivity contribution is 5.73. The zero-order chi connectivity index (χ0) is 18.5. The SMILES string of the molecule is COc1cccc(N2CCN(CCCCn3nnc4ccccc43)CC2)c1. The molecule has 6 nitrogen and oxygen atoms in total. The number of para-hydroxylation sites is 1. The summed E-state index contributed by atoms with van der Waals surface area (Å²) in [4.78, 5) is 5.01. The van der Waals surface area contributed by atoms with Crippen molar-refractivity contribution >= 4 is 16.7 Å². The molecule has 0 N–H and O–H groups in total. The first-order chi connectivity index (χ1) is 13.3. The van der Waals surface area contributed by atoms with Crippen LogP contribution in [0.2, 0.25) is 0 Å². The minimum Gasteiger partial charge on any atom is -0.497 e. The number of rotatable bonds is 7. The Morgan fingerprint density at radius 1 is 0.926 bits per heavy atom. The Morgan fingerprint density at radius 3 is 2.59 bits per heavy atom. The normalized spacial score (nSPS) is 15.4. The third-order valence-electron chi connectivity index (χ3n) is 5.31. The molecule has 4 rings (SSSR count). The third kappa shape index (κ3) is 4.22. The number of anilines is 1. The summed E-state index contributed by atoms with van der Waals surface area (Å²) in [5.41, 5.74) is 3.36. The molecule has 0 aliphatic carbocycles. The fourth-order valence-electron chi connectivity index (χ4n) is 3.72. The molecular weight excluding hydrogens is 338 g/mol. The van der Waals surface area contributed by atoms with Crippen LogP contribution in [0.15, 0.2) is 48.5 Å². The first-order valence-electron chi connectivity index (χ1n) is 9.73. The maximum absolute atomic E-state index is 5.34. The second kappa shape index (κ2) is 8.39. The number of hydrogen-bond acceptors (Lipinski definition) is 5. The van der Waals surface area contributed by atoms with E-state index in [0.29, 0.717) is 0 Å². The van der Waals surface area contributed by atoms with Crippen molar-refractivity contribution in [3.05, 3.63) is 48.5 Å². The molecular formula is C21H27N5O. The van der Waals surface area contributed by atoms with Crippen LogP contribution in [-0.4, -0.2) is 59.7 Å². The summed E-state index contributed by atoms with van der Waals surface area (Å²) < 4.78 is 7.36. The molecule has 3 aromatic rings. The summed E-state index contributed by atoms with van der Waals surface area (Å²) in [6, 6.07) is 16.5. The molecule has 1 saturated heterocycles. The van der Waals surface area contributed by atoms with E-state index in [1.54, 1.807) is 7.11 Å². The second-order valence-electron chi connectivity index (χ2n) is 7.04. The zero-order valence-corrected chi connectivity index (χ0v) is 15.9. The van der Waals surface area contributed by atoms with E-state index in [-0.39, 0.29) is 0 Å². The van der Waals surface area contributed by atoms with E-state index in [1.165, 1.54) is 12.1 Å². The van der Waals surface area contributed by atoms with Gasteiger partial charge in [0.25, 0.3) is 0 Å². The van der Waals surface area contributed by atoms with Crippen molar-refractivity contribution in [1.29, 1.82) is 0 Å². The number of hydrogen-bond donors (Lipinski definition) is 0. The fourth-order valence-corrected chi connectivity index (χ4v) is 3.72. The lowest BCUT2D eigenvalue weighted by atomic mass is 10.2. The zero-order valence-electron chi connectivity index (χ0n) is 15.9. The molecule has 2 heterocycles. The maximum atomic E-state index is 5.34. The number of aromatic nitrogens is 3. The number of aryl methyl sites for hydroxylation is 1. The van der Waals surface area contributed by atoms with E-state index in [0.717, 1.165) is 62.5 Å². The highest BCUT2D eigenvalue weighted by Gasteiger charge is 2.17. The van der Waals surface area contributed by atoms with E-state index in [2.05, 4.69) is 44.4 Å². The minimum absolute atomic E-state index is 0.926. The first kappa shape index (κ1) is 17.8. The van der Waals surface area contributed by atoms with Gasteiger partial charge in [-0.15, -0.1) is 5.10 Å². The van der Waals surface area contributed by atoms with Crippen LogP contribution in [0.25, 0.3) is 11.0 Å². The number of benzene rings is 2. The molecule has 0 amide bonds. The average molecular weight is 365 g/mol. The Kier molecular flexibility index (Phi) is 5.53. The Balaban J connectivity index is 1.20. The monoisotopic (exact) mass is 365 g/mol. The van der Waals surface area contributed by atoms with Gasteiger partial charge in [-0.2, -0.15) is 0 Å². The summed E-state index contributed by atoms with van der Waals surface area (Å²) in [7, 11) is 1.72. The van der Waals surface area contributed by atoms with Gasteiger partial charge in [-0.05, 0) is 43.7 Å². The van der Waals surface area contributed by atoms with Crippen molar-refractivity contribution in [3.63, 3.8) is 0 Å². The predicted molar refractivity (Wildman–Crippen MR) is 108 cm³/mol. The Bertz CT molecular complexity index is 870.